The van der Waals surface area contributed by atoms with E-state index in [1.54, 1.807) is 0 Å². The van der Waals surface area contributed by atoms with Gasteiger partial charge in [0.15, 0.2) is 0 Å². The Morgan fingerprint density at radius 3 is 2.38 bits per heavy atom. The summed E-state index contributed by atoms with van der Waals surface area (Å²) in [4.78, 5) is 0. The van der Waals surface area contributed by atoms with Crippen LogP contribution in [0.15, 0.2) is 18.2 Å². The minimum Gasteiger partial charge on any atom is -0.398 e. The van der Waals surface area contributed by atoms with Gasteiger partial charge < -0.3 is 10.8 Å². The van der Waals surface area contributed by atoms with E-state index in [-0.39, 0.29) is 11.3 Å². The molecule has 0 bridgehead atoms. The lowest BCUT2D eigenvalue weighted by Gasteiger charge is -2.09. The van der Waals surface area contributed by atoms with Crippen LogP contribution in [0, 0.1) is 0 Å². The van der Waals surface area contributed by atoms with Crippen molar-refractivity contribution >= 4 is 5.69 Å². The monoisotopic (exact) mass is 191 g/mol. The molecular weight excluding hydrogens is 183 g/mol. The second-order valence-electron chi connectivity index (χ2n) is 2.57. The van der Waals surface area contributed by atoms with Crippen LogP contribution in [0.25, 0.3) is 0 Å². The SMILES string of the molecule is Nc1ccc(C(F)(F)F)cc1CO. The van der Waals surface area contributed by atoms with Crippen molar-refractivity contribution in [3.05, 3.63) is 29.3 Å². The third kappa shape index (κ3) is 2.12. The van der Waals surface area contributed by atoms with Gasteiger partial charge in [-0.05, 0) is 18.2 Å². The number of nitrogen functional groups attached to an aromatic ring is 1. The Morgan fingerprint density at radius 2 is 1.92 bits per heavy atom. The zero-order chi connectivity index (χ0) is 10.1. The Kier molecular flexibility index (Phi) is 2.47. The van der Waals surface area contributed by atoms with Gasteiger partial charge in [0.05, 0.1) is 12.2 Å². The normalized spacial score (nSPS) is 11.7. The van der Waals surface area contributed by atoms with Crippen molar-refractivity contribution in [3.8, 4) is 0 Å². The number of aliphatic hydroxyl groups is 1. The Morgan fingerprint density at radius 1 is 1.31 bits per heavy atom. The average molecular weight is 191 g/mol. The molecule has 3 N–H and O–H groups in total. The molecule has 0 saturated heterocycles. The van der Waals surface area contributed by atoms with Crippen LogP contribution in [-0.2, 0) is 12.8 Å². The van der Waals surface area contributed by atoms with Crippen molar-refractivity contribution in [2.45, 2.75) is 12.8 Å². The van der Waals surface area contributed by atoms with Crippen LogP contribution in [0.3, 0.4) is 0 Å². The molecule has 13 heavy (non-hydrogen) atoms. The lowest BCUT2D eigenvalue weighted by molar-refractivity contribution is -0.137. The maximum absolute atomic E-state index is 12.1. The number of anilines is 1. The molecule has 0 aliphatic carbocycles. The molecule has 0 fully saturated rings. The molecule has 1 aromatic rings. The highest BCUT2D eigenvalue weighted by Gasteiger charge is 2.30. The first-order valence-electron chi connectivity index (χ1n) is 3.51. The first-order chi connectivity index (χ1) is 5.95. The zero-order valence-electron chi connectivity index (χ0n) is 6.60. The molecule has 0 spiro atoms. The maximum atomic E-state index is 12.1. The maximum Gasteiger partial charge on any atom is 0.416 e. The molecule has 0 unspecified atom stereocenters. The highest BCUT2D eigenvalue weighted by Crippen LogP contribution is 2.31. The molecule has 0 saturated carbocycles. The topological polar surface area (TPSA) is 46.2 Å². The van der Waals surface area contributed by atoms with Gasteiger partial charge in [-0.25, -0.2) is 0 Å². The Labute approximate surface area is 72.8 Å². The first-order valence-corrected chi connectivity index (χ1v) is 3.51. The predicted molar refractivity (Wildman–Crippen MR) is 41.8 cm³/mol. The second-order valence-corrected chi connectivity index (χ2v) is 2.57. The minimum absolute atomic E-state index is 0.0924. The number of benzene rings is 1. The molecule has 0 radical (unpaired) electrons. The largest absolute Gasteiger partial charge is 0.416 e. The molecule has 1 aromatic carbocycles. The molecule has 0 atom stereocenters. The molecule has 5 heteroatoms. The van der Waals surface area contributed by atoms with E-state index in [1.807, 2.05) is 0 Å². The fraction of sp³-hybridized carbons (Fsp3) is 0.250. The summed E-state index contributed by atoms with van der Waals surface area (Å²) in [5.74, 6) is 0. The predicted octanol–water partition coefficient (Wildman–Crippen LogP) is 1.78. The van der Waals surface area contributed by atoms with E-state index in [2.05, 4.69) is 0 Å². The van der Waals surface area contributed by atoms with Gasteiger partial charge in [0.25, 0.3) is 0 Å². The summed E-state index contributed by atoms with van der Waals surface area (Å²) < 4.78 is 36.3. The Hall–Kier alpha value is -1.23. The van der Waals surface area contributed by atoms with E-state index in [4.69, 9.17) is 10.8 Å². The quantitative estimate of drug-likeness (QED) is 0.664. The van der Waals surface area contributed by atoms with E-state index in [0.717, 1.165) is 18.2 Å². The van der Waals surface area contributed by atoms with Crippen LogP contribution in [-0.4, -0.2) is 5.11 Å². The van der Waals surface area contributed by atoms with E-state index in [9.17, 15) is 13.2 Å². The van der Waals surface area contributed by atoms with Gasteiger partial charge in [-0.15, -0.1) is 0 Å². The number of nitrogens with two attached hydrogens (primary N) is 1. The van der Waals surface area contributed by atoms with Crippen LogP contribution in [0.2, 0.25) is 0 Å². The highest BCUT2D eigenvalue weighted by atomic mass is 19.4. The smallest absolute Gasteiger partial charge is 0.398 e. The summed E-state index contributed by atoms with van der Waals surface area (Å²) >= 11 is 0. The van der Waals surface area contributed by atoms with Gasteiger partial charge in [0, 0.05) is 11.3 Å². The molecule has 72 valence electrons. The van der Waals surface area contributed by atoms with Gasteiger partial charge in [-0.2, -0.15) is 13.2 Å². The number of rotatable bonds is 1. The van der Waals surface area contributed by atoms with Gasteiger partial charge in [-0.3, -0.25) is 0 Å². The van der Waals surface area contributed by atoms with Crippen molar-refractivity contribution in [1.82, 2.24) is 0 Å². The summed E-state index contributed by atoms with van der Waals surface area (Å²) in [6.07, 6.45) is -4.39. The summed E-state index contributed by atoms with van der Waals surface area (Å²) in [5.41, 5.74) is 4.77. The number of hydrogen-bond donors (Lipinski definition) is 2. The summed E-state index contributed by atoms with van der Waals surface area (Å²) in [6, 6.07) is 2.86. The Bertz CT molecular complexity index is 309. The fourth-order valence-electron chi connectivity index (χ4n) is 0.919. The van der Waals surface area contributed by atoms with Crippen molar-refractivity contribution in [1.29, 1.82) is 0 Å². The van der Waals surface area contributed by atoms with E-state index in [0.29, 0.717) is 0 Å². The number of alkyl halides is 3. The van der Waals surface area contributed by atoms with Crippen LogP contribution in [0.5, 0.6) is 0 Å². The lowest BCUT2D eigenvalue weighted by atomic mass is 10.1. The number of hydrogen-bond acceptors (Lipinski definition) is 2. The molecule has 0 aliphatic heterocycles. The third-order valence-corrected chi connectivity index (χ3v) is 1.64. The van der Waals surface area contributed by atoms with Crippen molar-refractivity contribution in [2.24, 2.45) is 0 Å². The lowest BCUT2D eigenvalue weighted by Crippen LogP contribution is -2.06. The third-order valence-electron chi connectivity index (χ3n) is 1.64. The molecule has 0 aliphatic rings. The van der Waals surface area contributed by atoms with Gasteiger partial charge in [0.1, 0.15) is 0 Å². The number of halogens is 3. The van der Waals surface area contributed by atoms with Crippen LogP contribution >= 0.6 is 0 Å². The molecular formula is C8H8F3NO. The zero-order valence-corrected chi connectivity index (χ0v) is 6.60. The minimum atomic E-state index is -4.39. The van der Waals surface area contributed by atoms with E-state index >= 15 is 0 Å². The average Bonchev–Trinajstić information content (AvgIpc) is 2.03. The van der Waals surface area contributed by atoms with E-state index < -0.39 is 18.3 Å². The van der Waals surface area contributed by atoms with Crippen molar-refractivity contribution < 1.29 is 18.3 Å². The van der Waals surface area contributed by atoms with Crippen molar-refractivity contribution in [2.75, 3.05) is 5.73 Å². The fourth-order valence-corrected chi connectivity index (χ4v) is 0.919. The van der Waals surface area contributed by atoms with Crippen molar-refractivity contribution in [3.63, 3.8) is 0 Å². The molecule has 0 aromatic heterocycles. The van der Waals surface area contributed by atoms with Crippen LogP contribution in [0.4, 0.5) is 18.9 Å². The van der Waals surface area contributed by atoms with Crippen LogP contribution < -0.4 is 5.73 Å². The second kappa shape index (κ2) is 3.26. The van der Waals surface area contributed by atoms with Gasteiger partial charge >= 0.3 is 6.18 Å². The van der Waals surface area contributed by atoms with Gasteiger partial charge in [-0.1, -0.05) is 0 Å². The molecule has 2 nitrogen and oxygen atoms in total. The highest BCUT2D eigenvalue weighted by molar-refractivity contribution is 5.48. The van der Waals surface area contributed by atoms with Gasteiger partial charge in [0.2, 0.25) is 0 Å². The van der Waals surface area contributed by atoms with E-state index in [1.165, 1.54) is 0 Å². The number of aliphatic hydroxyl groups excluding tert-OH is 1. The molecule has 0 heterocycles. The van der Waals surface area contributed by atoms with Crippen LogP contribution in [0.1, 0.15) is 11.1 Å². The first kappa shape index (κ1) is 9.85. The summed E-state index contributed by atoms with van der Waals surface area (Å²) in [5, 5.41) is 8.66. The summed E-state index contributed by atoms with van der Waals surface area (Å²) in [6.45, 7) is -0.490. The molecule has 0 amide bonds. The Balaban J connectivity index is 3.14. The summed E-state index contributed by atoms with van der Waals surface area (Å²) in [7, 11) is 0. The molecule has 1 rings (SSSR count). The standard InChI is InChI=1S/C8H8F3NO/c9-8(10,11)6-1-2-7(12)5(3-6)4-13/h1-3,13H,4,12H2.